The zero-order valence-electron chi connectivity index (χ0n) is 15.5. The van der Waals surface area contributed by atoms with Crippen LogP contribution in [0.4, 0.5) is 0 Å². The quantitative estimate of drug-likeness (QED) is 0.281. The van der Waals surface area contributed by atoms with E-state index < -0.39 is 17.7 Å². The van der Waals surface area contributed by atoms with Gasteiger partial charge in [0.2, 0.25) is 0 Å². The third-order valence-electron chi connectivity index (χ3n) is 5.25. The predicted molar refractivity (Wildman–Crippen MR) is 118 cm³/mol. The first-order chi connectivity index (χ1) is 14.3. The molecular weight excluding hydrogens is 533 g/mol. The summed E-state index contributed by atoms with van der Waals surface area (Å²) in [7, 11) is 0. The van der Waals surface area contributed by atoms with Crippen LogP contribution >= 0.6 is 0 Å². The first-order valence-corrected chi connectivity index (χ1v) is 11.9. The topological polar surface area (TPSA) is 25.8 Å². The second kappa shape index (κ2) is 6.73. The molecular formula is C26H16IrN2+. The Morgan fingerprint density at radius 3 is 1.34 bits per heavy atom. The Bertz CT molecular complexity index is 1420. The van der Waals surface area contributed by atoms with Crippen molar-refractivity contribution < 1.29 is 17.7 Å². The van der Waals surface area contributed by atoms with Gasteiger partial charge in [0.1, 0.15) is 0 Å². The molecule has 0 atom stereocenters. The summed E-state index contributed by atoms with van der Waals surface area (Å²) in [5.74, 6) is 0. The number of hydrogen-bond acceptors (Lipinski definition) is 2. The zero-order chi connectivity index (χ0) is 19.2. The van der Waals surface area contributed by atoms with Gasteiger partial charge in [0.15, 0.2) is 0 Å². The van der Waals surface area contributed by atoms with E-state index in [9.17, 15) is 0 Å². The molecule has 0 bridgehead atoms. The van der Waals surface area contributed by atoms with Crippen molar-refractivity contribution in [2.75, 3.05) is 0 Å². The van der Waals surface area contributed by atoms with Gasteiger partial charge in [-0.3, -0.25) is 0 Å². The number of aromatic nitrogens is 2. The van der Waals surface area contributed by atoms with Crippen LogP contribution in [0.3, 0.4) is 0 Å². The third-order valence-corrected chi connectivity index (χ3v) is 7.81. The number of pyridine rings is 2. The van der Waals surface area contributed by atoms with E-state index in [1.165, 1.54) is 40.7 Å². The first kappa shape index (κ1) is 16.8. The molecule has 2 heterocycles. The zero-order valence-corrected chi connectivity index (χ0v) is 17.9. The van der Waals surface area contributed by atoms with Crippen molar-refractivity contribution in [3.8, 4) is 0 Å². The Labute approximate surface area is 176 Å². The summed E-state index contributed by atoms with van der Waals surface area (Å²) in [4.78, 5) is 10.1. The van der Waals surface area contributed by atoms with E-state index in [0.29, 0.717) is 0 Å². The summed E-state index contributed by atoms with van der Waals surface area (Å²) < 4.78 is 2.34. The molecule has 2 nitrogen and oxygen atoms in total. The molecule has 0 fully saturated rings. The molecule has 6 aromatic rings. The van der Waals surface area contributed by atoms with E-state index >= 15 is 0 Å². The van der Waals surface area contributed by atoms with Crippen LogP contribution in [-0.2, 0) is 17.7 Å². The molecule has 2 aromatic heterocycles. The SMILES string of the molecule is c1ccc2c(c1)ccc1cc[c]([Ir+][c]3ccc4ccc5ccccc5c4n3)nc12. The fourth-order valence-electron chi connectivity index (χ4n) is 3.83. The van der Waals surface area contributed by atoms with E-state index in [1.54, 1.807) is 0 Å². The number of hydrogen-bond donors (Lipinski definition) is 0. The molecule has 0 saturated heterocycles. The number of benzene rings is 4. The number of fused-ring (bicyclic) bond motifs is 6. The molecule has 0 saturated carbocycles. The molecule has 29 heavy (non-hydrogen) atoms. The average Bonchev–Trinajstić information content (AvgIpc) is 2.79. The van der Waals surface area contributed by atoms with Crippen molar-refractivity contribution in [3.05, 3.63) is 97.1 Å². The second-order valence-corrected chi connectivity index (χ2v) is 10.1. The Morgan fingerprint density at radius 2 is 0.828 bits per heavy atom. The minimum atomic E-state index is -0.617. The van der Waals surface area contributed by atoms with Gasteiger partial charge in [0.05, 0.1) is 0 Å². The summed E-state index contributed by atoms with van der Waals surface area (Å²) in [5, 5.41) is 7.29. The van der Waals surface area contributed by atoms with E-state index in [2.05, 4.69) is 97.1 Å². The van der Waals surface area contributed by atoms with E-state index in [1.807, 2.05) is 0 Å². The fraction of sp³-hybridized carbons (Fsp3) is 0. The van der Waals surface area contributed by atoms with Crippen LogP contribution in [-0.4, -0.2) is 9.97 Å². The molecule has 0 amide bonds. The third kappa shape index (κ3) is 2.91. The van der Waals surface area contributed by atoms with Crippen molar-refractivity contribution >= 4 is 51.8 Å². The van der Waals surface area contributed by atoms with Gasteiger partial charge in [-0.1, -0.05) is 0 Å². The average molecular weight is 549 g/mol. The maximum atomic E-state index is 5.06. The molecule has 4 aromatic carbocycles. The van der Waals surface area contributed by atoms with E-state index in [0.717, 1.165) is 11.0 Å². The van der Waals surface area contributed by atoms with Crippen LogP contribution < -0.4 is 8.42 Å². The summed E-state index contributed by atoms with van der Waals surface area (Å²) in [5.41, 5.74) is 2.19. The molecule has 3 heteroatoms. The minimum absolute atomic E-state index is 0.617. The van der Waals surface area contributed by atoms with Crippen molar-refractivity contribution in [2.24, 2.45) is 0 Å². The molecule has 0 N–H and O–H groups in total. The first-order valence-electron chi connectivity index (χ1n) is 9.53. The maximum absolute atomic E-state index is 5.06. The van der Waals surface area contributed by atoms with Crippen molar-refractivity contribution in [2.45, 2.75) is 0 Å². The Morgan fingerprint density at radius 1 is 0.414 bits per heavy atom. The van der Waals surface area contributed by atoms with Gasteiger partial charge in [-0.15, -0.1) is 0 Å². The van der Waals surface area contributed by atoms with Crippen LogP contribution in [0.15, 0.2) is 97.1 Å². The van der Waals surface area contributed by atoms with Gasteiger partial charge in [0.25, 0.3) is 0 Å². The summed E-state index contributed by atoms with van der Waals surface area (Å²) in [6.07, 6.45) is 0. The molecule has 0 radical (unpaired) electrons. The molecule has 0 aliphatic carbocycles. The standard InChI is InChI=1S/2C13H8N.Ir/c2*1-2-6-12-10(4-1)7-8-11-5-3-9-14-13(11)12;/h2*1-8H;/q;;+1. The van der Waals surface area contributed by atoms with Gasteiger partial charge < -0.3 is 0 Å². The van der Waals surface area contributed by atoms with Crippen LogP contribution in [0.1, 0.15) is 0 Å². The van der Waals surface area contributed by atoms with Crippen LogP contribution in [0.25, 0.3) is 43.4 Å². The number of nitrogens with zero attached hydrogens (tertiary/aromatic N) is 2. The Balaban J connectivity index is 1.48. The van der Waals surface area contributed by atoms with Gasteiger partial charge in [-0.25, -0.2) is 0 Å². The number of rotatable bonds is 2. The van der Waals surface area contributed by atoms with Crippen molar-refractivity contribution in [1.82, 2.24) is 9.97 Å². The molecule has 138 valence electrons. The molecule has 0 spiro atoms. The monoisotopic (exact) mass is 549 g/mol. The van der Waals surface area contributed by atoms with E-state index in [-0.39, 0.29) is 0 Å². The van der Waals surface area contributed by atoms with Gasteiger partial charge in [0, 0.05) is 0 Å². The van der Waals surface area contributed by atoms with E-state index in [4.69, 9.17) is 9.97 Å². The van der Waals surface area contributed by atoms with Gasteiger partial charge in [-0.2, -0.15) is 0 Å². The molecule has 0 unspecified atom stereocenters. The Kier molecular flexibility index (Phi) is 3.90. The van der Waals surface area contributed by atoms with Crippen molar-refractivity contribution in [1.29, 1.82) is 0 Å². The molecule has 6 rings (SSSR count). The van der Waals surface area contributed by atoms with Crippen LogP contribution in [0.2, 0.25) is 0 Å². The summed E-state index contributed by atoms with van der Waals surface area (Å²) in [6, 6.07) is 34.4. The molecule has 0 aliphatic rings. The summed E-state index contributed by atoms with van der Waals surface area (Å²) >= 11 is -0.617. The summed E-state index contributed by atoms with van der Waals surface area (Å²) in [6.45, 7) is 0. The van der Waals surface area contributed by atoms with Gasteiger partial charge in [-0.05, 0) is 0 Å². The Hall–Kier alpha value is -3.13. The fourth-order valence-corrected chi connectivity index (χ4v) is 6.06. The van der Waals surface area contributed by atoms with Crippen LogP contribution in [0, 0.1) is 0 Å². The van der Waals surface area contributed by atoms with Crippen molar-refractivity contribution in [3.63, 3.8) is 0 Å². The second-order valence-electron chi connectivity index (χ2n) is 7.02. The molecule has 0 aliphatic heterocycles. The van der Waals surface area contributed by atoms with Gasteiger partial charge >= 0.3 is 176 Å². The normalized spacial score (nSPS) is 11.7. The predicted octanol–water partition coefficient (Wildman–Crippen LogP) is 5.12. The van der Waals surface area contributed by atoms with Crippen LogP contribution in [0.5, 0.6) is 0 Å².